The van der Waals surface area contributed by atoms with Gasteiger partial charge in [-0.15, -0.1) is 12.4 Å². The van der Waals surface area contributed by atoms with Crippen LogP contribution in [0, 0.1) is 11.3 Å². The minimum Gasteiger partial charge on any atom is -0.481 e. The van der Waals surface area contributed by atoms with Crippen LogP contribution >= 0.6 is 12.4 Å². The van der Waals surface area contributed by atoms with Gasteiger partial charge in [0.25, 0.3) is 0 Å². The molecule has 0 aliphatic heterocycles. The molecule has 0 aliphatic rings. The zero-order chi connectivity index (χ0) is 12.4. The van der Waals surface area contributed by atoms with Gasteiger partial charge in [0.2, 0.25) is 0 Å². The van der Waals surface area contributed by atoms with Crippen LogP contribution in [-0.4, -0.2) is 25.1 Å². The van der Waals surface area contributed by atoms with E-state index in [1.54, 1.807) is 6.92 Å². The highest BCUT2D eigenvalue weighted by Crippen LogP contribution is 2.14. The Hall–Kier alpha value is -0.770. The van der Waals surface area contributed by atoms with E-state index in [4.69, 9.17) is 14.9 Å². The van der Waals surface area contributed by atoms with Crippen LogP contribution in [0.1, 0.15) is 46.5 Å². The summed E-state index contributed by atoms with van der Waals surface area (Å²) in [6, 6.07) is 0. The zero-order valence-corrected chi connectivity index (χ0v) is 11.8. The van der Waals surface area contributed by atoms with E-state index in [0.717, 1.165) is 19.3 Å². The topological polar surface area (TPSA) is 59.4 Å². The summed E-state index contributed by atoms with van der Waals surface area (Å²) in [4.78, 5) is 11.6. The van der Waals surface area contributed by atoms with Gasteiger partial charge in [-0.25, -0.2) is 0 Å². The molecule has 0 aliphatic carbocycles. The Kier molecular flexibility index (Phi) is 12.8. The molecule has 0 saturated heterocycles. The number of halogens is 1. The average Bonchev–Trinajstić information content (AvgIpc) is 2.25. The summed E-state index contributed by atoms with van der Waals surface area (Å²) in [5, 5.41) is 7.67. The van der Waals surface area contributed by atoms with Crippen molar-refractivity contribution in [2.75, 3.05) is 13.2 Å². The molecule has 1 atom stereocenters. The molecule has 102 valence electrons. The molecular formula is C12H24ClNO3. The average molecular weight is 266 g/mol. The first-order chi connectivity index (χ1) is 7.67. The number of nitrogens with one attached hydrogen (secondary N) is 1. The molecule has 0 aromatic heterocycles. The third-order valence-electron chi connectivity index (χ3n) is 2.28. The number of ether oxygens (including phenoxy) is 2. The predicted molar refractivity (Wildman–Crippen MR) is 70.9 cm³/mol. The molecule has 1 N–H and O–H groups in total. The Labute approximate surface area is 110 Å². The Bertz CT molecular complexity index is 204. The second kappa shape index (κ2) is 11.7. The van der Waals surface area contributed by atoms with Crippen LogP contribution in [0.25, 0.3) is 0 Å². The summed E-state index contributed by atoms with van der Waals surface area (Å²) in [7, 11) is 0. The van der Waals surface area contributed by atoms with Crippen LogP contribution < -0.4 is 0 Å². The van der Waals surface area contributed by atoms with Gasteiger partial charge in [-0.3, -0.25) is 10.2 Å². The second-order valence-electron chi connectivity index (χ2n) is 3.60. The molecular weight excluding hydrogens is 242 g/mol. The van der Waals surface area contributed by atoms with Crippen molar-refractivity contribution in [2.45, 2.75) is 46.5 Å². The lowest BCUT2D eigenvalue weighted by molar-refractivity contribution is -0.146. The molecule has 0 aromatic rings. The third kappa shape index (κ3) is 8.02. The fraction of sp³-hybridized carbons (Fsp3) is 0.833. The van der Waals surface area contributed by atoms with Crippen LogP contribution in [0.2, 0.25) is 0 Å². The third-order valence-corrected chi connectivity index (χ3v) is 2.28. The van der Waals surface area contributed by atoms with Gasteiger partial charge in [-0.05, 0) is 20.3 Å². The van der Waals surface area contributed by atoms with E-state index >= 15 is 0 Å². The summed E-state index contributed by atoms with van der Waals surface area (Å²) in [6.07, 6.45) is 3.73. The highest BCUT2D eigenvalue weighted by molar-refractivity contribution is 5.96. The van der Waals surface area contributed by atoms with Gasteiger partial charge >= 0.3 is 5.97 Å². The van der Waals surface area contributed by atoms with Crippen LogP contribution in [0.5, 0.6) is 0 Å². The van der Waals surface area contributed by atoms with Crippen LogP contribution in [-0.2, 0) is 14.3 Å². The zero-order valence-electron chi connectivity index (χ0n) is 11.0. The van der Waals surface area contributed by atoms with E-state index in [0.29, 0.717) is 19.6 Å². The van der Waals surface area contributed by atoms with Crippen molar-refractivity contribution >= 4 is 24.3 Å². The maximum Gasteiger partial charge on any atom is 0.318 e. The summed E-state index contributed by atoms with van der Waals surface area (Å²) in [5.74, 6) is -0.819. The lowest BCUT2D eigenvalue weighted by Crippen LogP contribution is -2.27. The van der Waals surface area contributed by atoms with E-state index in [1.807, 2.05) is 6.92 Å². The Morgan fingerprint density at radius 1 is 1.12 bits per heavy atom. The lowest BCUT2D eigenvalue weighted by Gasteiger charge is -2.16. The van der Waals surface area contributed by atoms with E-state index in [2.05, 4.69) is 6.92 Å². The SMILES string of the molecule is CCCCCC(C(=N)OCC)C(=O)OCC.Cl. The highest BCUT2D eigenvalue weighted by Gasteiger charge is 2.25. The maximum absolute atomic E-state index is 11.6. The smallest absolute Gasteiger partial charge is 0.318 e. The predicted octanol–water partition coefficient (Wildman–Crippen LogP) is 3.18. The van der Waals surface area contributed by atoms with Crippen LogP contribution in [0.4, 0.5) is 0 Å². The number of esters is 1. The Morgan fingerprint density at radius 3 is 2.18 bits per heavy atom. The number of rotatable bonds is 8. The van der Waals surface area contributed by atoms with Gasteiger partial charge in [0.15, 0.2) is 5.90 Å². The highest BCUT2D eigenvalue weighted by atomic mass is 35.5. The first kappa shape index (κ1) is 18.6. The molecule has 5 heteroatoms. The normalized spacial score (nSPS) is 11.2. The van der Waals surface area contributed by atoms with Gasteiger partial charge in [0, 0.05) is 0 Å². The number of unbranched alkanes of at least 4 members (excludes halogenated alkanes) is 2. The van der Waals surface area contributed by atoms with Crippen molar-refractivity contribution in [2.24, 2.45) is 5.92 Å². The fourth-order valence-electron chi connectivity index (χ4n) is 1.45. The molecule has 0 bridgehead atoms. The molecule has 0 saturated carbocycles. The van der Waals surface area contributed by atoms with Crippen LogP contribution in [0.3, 0.4) is 0 Å². The summed E-state index contributed by atoms with van der Waals surface area (Å²) >= 11 is 0. The molecule has 0 amide bonds. The quantitative estimate of drug-likeness (QED) is 0.317. The summed E-state index contributed by atoms with van der Waals surface area (Å²) in [6.45, 7) is 6.45. The Balaban J connectivity index is 0. The molecule has 0 radical (unpaired) electrons. The molecule has 0 heterocycles. The van der Waals surface area contributed by atoms with Gasteiger partial charge in [0.05, 0.1) is 13.2 Å². The number of hydrogen-bond acceptors (Lipinski definition) is 4. The van der Waals surface area contributed by atoms with Gasteiger partial charge in [-0.2, -0.15) is 0 Å². The molecule has 0 aromatic carbocycles. The molecule has 0 spiro atoms. The van der Waals surface area contributed by atoms with Crippen molar-refractivity contribution in [3.05, 3.63) is 0 Å². The van der Waals surface area contributed by atoms with Crippen LogP contribution in [0.15, 0.2) is 0 Å². The maximum atomic E-state index is 11.6. The van der Waals surface area contributed by atoms with E-state index < -0.39 is 5.92 Å². The summed E-state index contributed by atoms with van der Waals surface area (Å²) in [5.41, 5.74) is 0. The number of carbonyl (C=O) groups is 1. The minimum atomic E-state index is -0.522. The van der Waals surface area contributed by atoms with Gasteiger partial charge < -0.3 is 9.47 Å². The first-order valence-electron chi connectivity index (χ1n) is 6.05. The van der Waals surface area contributed by atoms with E-state index in [1.165, 1.54) is 0 Å². The molecule has 0 fully saturated rings. The van der Waals surface area contributed by atoms with E-state index in [-0.39, 0.29) is 24.3 Å². The fourth-order valence-corrected chi connectivity index (χ4v) is 1.45. The first-order valence-corrected chi connectivity index (χ1v) is 6.05. The molecule has 0 rings (SSSR count). The Morgan fingerprint density at radius 2 is 1.71 bits per heavy atom. The molecule has 17 heavy (non-hydrogen) atoms. The summed E-state index contributed by atoms with van der Waals surface area (Å²) < 4.78 is 10.0. The molecule has 1 unspecified atom stereocenters. The van der Waals surface area contributed by atoms with Crippen molar-refractivity contribution in [3.63, 3.8) is 0 Å². The molecule has 4 nitrogen and oxygen atoms in total. The largest absolute Gasteiger partial charge is 0.481 e. The van der Waals surface area contributed by atoms with Crippen molar-refractivity contribution in [3.8, 4) is 0 Å². The standard InChI is InChI=1S/C12H23NO3.ClH/c1-4-7-8-9-10(11(13)15-5-2)12(14)16-6-3;/h10,13H,4-9H2,1-3H3;1H. The van der Waals surface area contributed by atoms with Crippen molar-refractivity contribution < 1.29 is 14.3 Å². The number of carbonyl (C=O) groups excluding carboxylic acids is 1. The van der Waals surface area contributed by atoms with E-state index in [9.17, 15) is 4.79 Å². The number of hydrogen-bond donors (Lipinski definition) is 1. The second-order valence-corrected chi connectivity index (χ2v) is 3.60. The minimum absolute atomic E-state index is 0. The van der Waals surface area contributed by atoms with Gasteiger partial charge in [-0.1, -0.05) is 26.2 Å². The monoisotopic (exact) mass is 265 g/mol. The van der Waals surface area contributed by atoms with Gasteiger partial charge in [0.1, 0.15) is 5.92 Å². The van der Waals surface area contributed by atoms with Crippen molar-refractivity contribution in [1.82, 2.24) is 0 Å². The lowest BCUT2D eigenvalue weighted by atomic mass is 10.0. The van der Waals surface area contributed by atoms with Crippen molar-refractivity contribution in [1.29, 1.82) is 5.41 Å².